The van der Waals surface area contributed by atoms with Crippen LogP contribution in [0.5, 0.6) is 0 Å². The summed E-state index contributed by atoms with van der Waals surface area (Å²) in [4.78, 5) is 21.7. The number of hydrogen-bond donors (Lipinski definition) is 1. The van der Waals surface area contributed by atoms with Crippen molar-refractivity contribution in [2.45, 2.75) is 19.5 Å². The van der Waals surface area contributed by atoms with E-state index in [0.717, 1.165) is 17.7 Å². The number of halogens is 3. The third-order valence-corrected chi connectivity index (χ3v) is 4.65. The van der Waals surface area contributed by atoms with E-state index >= 15 is 0 Å². The van der Waals surface area contributed by atoms with Crippen LogP contribution in [-0.4, -0.2) is 21.4 Å². The lowest BCUT2D eigenvalue weighted by Gasteiger charge is -2.27. The van der Waals surface area contributed by atoms with Gasteiger partial charge in [-0.2, -0.15) is 0 Å². The molecule has 1 aliphatic heterocycles. The van der Waals surface area contributed by atoms with Gasteiger partial charge < -0.3 is 4.98 Å². The third-order valence-electron chi connectivity index (χ3n) is 4.65. The summed E-state index contributed by atoms with van der Waals surface area (Å²) in [7, 11) is 0. The Morgan fingerprint density at radius 1 is 1.07 bits per heavy atom. The number of aromatic nitrogens is 2. The molecule has 7 heteroatoms. The fourth-order valence-electron chi connectivity index (χ4n) is 3.32. The van der Waals surface area contributed by atoms with Crippen LogP contribution in [0.4, 0.5) is 13.2 Å². The van der Waals surface area contributed by atoms with Crippen LogP contribution in [0.15, 0.2) is 47.3 Å². The van der Waals surface area contributed by atoms with E-state index in [4.69, 9.17) is 0 Å². The van der Waals surface area contributed by atoms with Gasteiger partial charge in [0.25, 0.3) is 5.56 Å². The number of nitrogens with zero attached hydrogens (tertiary/aromatic N) is 2. The van der Waals surface area contributed by atoms with Crippen LogP contribution in [0, 0.1) is 17.5 Å². The van der Waals surface area contributed by atoms with Gasteiger partial charge in [-0.05, 0) is 24.1 Å². The van der Waals surface area contributed by atoms with Gasteiger partial charge >= 0.3 is 0 Å². The number of benzene rings is 2. The normalized spacial score (nSPS) is 14.2. The highest BCUT2D eigenvalue weighted by Crippen LogP contribution is 2.21. The number of rotatable bonds is 3. The number of nitrogens with one attached hydrogen (secondary N) is 1. The zero-order valence-electron chi connectivity index (χ0n) is 14.3. The zero-order chi connectivity index (χ0) is 19.0. The van der Waals surface area contributed by atoms with Crippen molar-refractivity contribution in [2.24, 2.45) is 0 Å². The van der Waals surface area contributed by atoms with Crippen LogP contribution >= 0.6 is 0 Å². The van der Waals surface area contributed by atoms with Crippen LogP contribution in [0.3, 0.4) is 0 Å². The van der Waals surface area contributed by atoms with Gasteiger partial charge in [-0.15, -0.1) is 0 Å². The number of aromatic amines is 1. The Kier molecular flexibility index (Phi) is 4.53. The molecule has 138 valence electrons. The van der Waals surface area contributed by atoms with E-state index in [1.54, 1.807) is 0 Å². The van der Waals surface area contributed by atoms with Gasteiger partial charge in [-0.25, -0.2) is 18.2 Å². The van der Waals surface area contributed by atoms with Crippen molar-refractivity contribution in [1.29, 1.82) is 0 Å². The van der Waals surface area contributed by atoms with Crippen molar-refractivity contribution >= 4 is 0 Å². The van der Waals surface area contributed by atoms with Crippen LogP contribution in [0.2, 0.25) is 0 Å². The molecule has 0 amide bonds. The summed E-state index contributed by atoms with van der Waals surface area (Å²) in [6, 6.07) is 11.3. The molecule has 0 radical (unpaired) electrons. The van der Waals surface area contributed by atoms with Crippen LogP contribution in [0.25, 0.3) is 11.4 Å². The average Bonchev–Trinajstić information content (AvgIpc) is 2.66. The Bertz CT molecular complexity index is 1030. The highest BCUT2D eigenvalue weighted by Gasteiger charge is 2.22. The van der Waals surface area contributed by atoms with Gasteiger partial charge in [0.05, 0.1) is 5.69 Å². The molecule has 1 aliphatic rings. The molecule has 2 heterocycles. The monoisotopic (exact) mass is 371 g/mol. The maximum atomic E-state index is 13.4. The van der Waals surface area contributed by atoms with Crippen molar-refractivity contribution in [3.05, 3.63) is 87.1 Å². The number of hydrogen-bond acceptors (Lipinski definition) is 3. The number of fused-ring (bicyclic) bond motifs is 1. The largest absolute Gasteiger partial charge is 0.306 e. The van der Waals surface area contributed by atoms with Crippen molar-refractivity contribution in [1.82, 2.24) is 14.9 Å². The molecule has 0 atom stereocenters. The first-order valence-electron chi connectivity index (χ1n) is 8.54. The summed E-state index contributed by atoms with van der Waals surface area (Å²) in [5, 5.41) is 0. The molecule has 0 unspecified atom stereocenters. The summed E-state index contributed by atoms with van der Waals surface area (Å²) >= 11 is 0. The Labute approximate surface area is 153 Å². The SMILES string of the molecule is O=c1[nH]c(-c2ccccc2)nc2c1CCN(Cc1cc(F)c(F)c(F)c1)C2. The van der Waals surface area contributed by atoms with E-state index in [-0.39, 0.29) is 12.1 Å². The molecule has 2 aromatic carbocycles. The molecule has 0 fully saturated rings. The molecule has 0 saturated carbocycles. The Balaban J connectivity index is 1.61. The smallest absolute Gasteiger partial charge is 0.254 e. The predicted molar refractivity (Wildman–Crippen MR) is 94.4 cm³/mol. The fraction of sp³-hybridized carbons (Fsp3) is 0.200. The first-order chi connectivity index (χ1) is 13.0. The minimum absolute atomic E-state index is 0.169. The van der Waals surface area contributed by atoms with E-state index in [1.807, 2.05) is 35.2 Å². The Morgan fingerprint density at radius 3 is 2.48 bits per heavy atom. The molecule has 4 rings (SSSR count). The molecule has 4 nitrogen and oxygen atoms in total. The molecular weight excluding hydrogens is 355 g/mol. The second kappa shape index (κ2) is 7.00. The molecule has 27 heavy (non-hydrogen) atoms. The van der Waals surface area contributed by atoms with Gasteiger partial charge in [-0.1, -0.05) is 30.3 Å². The average molecular weight is 371 g/mol. The van der Waals surface area contributed by atoms with Gasteiger partial charge in [-0.3, -0.25) is 9.69 Å². The summed E-state index contributed by atoms with van der Waals surface area (Å²) in [5.41, 5.74) is 2.24. The van der Waals surface area contributed by atoms with Gasteiger partial charge in [0.15, 0.2) is 17.5 Å². The first-order valence-corrected chi connectivity index (χ1v) is 8.54. The van der Waals surface area contributed by atoms with Crippen molar-refractivity contribution in [3.63, 3.8) is 0 Å². The van der Waals surface area contributed by atoms with Gasteiger partial charge in [0.2, 0.25) is 0 Å². The molecule has 1 N–H and O–H groups in total. The summed E-state index contributed by atoms with van der Waals surface area (Å²) in [5.74, 6) is -3.39. The lowest BCUT2D eigenvalue weighted by atomic mass is 10.0. The van der Waals surface area contributed by atoms with Crippen molar-refractivity contribution < 1.29 is 13.2 Å². The van der Waals surface area contributed by atoms with E-state index in [0.29, 0.717) is 42.2 Å². The summed E-state index contributed by atoms with van der Waals surface area (Å²) < 4.78 is 40.0. The Morgan fingerprint density at radius 2 is 1.78 bits per heavy atom. The second-order valence-corrected chi connectivity index (χ2v) is 6.54. The quantitative estimate of drug-likeness (QED) is 0.718. The molecule has 1 aromatic heterocycles. The van der Waals surface area contributed by atoms with E-state index in [9.17, 15) is 18.0 Å². The van der Waals surface area contributed by atoms with Gasteiger partial charge in [0, 0.05) is 30.8 Å². The highest BCUT2D eigenvalue weighted by atomic mass is 19.2. The topological polar surface area (TPSA) is 49.0 Å². The molecule has 3 aromatic rings. The lowest BCUT2D eigenvalue weighted by Crippen LogP contribution is -2.35. The molecule has 0 bridgehead atoms. The molecule has 0 saturated heterocycles. The standard InChI is InChI=1S/C20H16F3N3O/c21-15-8-12(9-16(22)18(15)23)10-26-7-6-14-17(11-26)24-19(25-20(14)27)13-4-2-1-3-5-13/h1-5,8-9H,6-7,10-11H2,(H,24,25,27). The minimum atomic E-state index is -1.47. The summed E-state index contributed by atoms with van der Waals surface area (Å²) in [6.07, 6.45) is 0.485. The van der Waals surface area contributed by atoms with Crippen LogP contribution in [-0.2, 0) is 19.5 Å². The third kappa shape index (κ3) is 3.50. The highest BCUT2D eigenvalue weighted by molar-refractivity contribution is 5.54. The first kappa shape index (κ1) is 17.5. The molecule has 0 spiro atoms. The van der Waals surface area contributed by atoms with Gasteiger partial charge in [0.1, 0.15) is 5.82 Å². The zero-order valence-corrected chi connectivity index (χ0v) is 14.3. The maximum Gasteiger partial charge on any atom is 0.254 e. The van der Waals surface area contributed by atoms with Crippen molar-refractivity contribution in [2.75, 3.05) is 6.54 Å². The van der Waals surface area contributed by atoms with E-state index < -0.39 is 17.5 Å². The molecular formula is C20H16F3N3O. The van der Waals surface area contributed by atoms with Crippen LogP contribution in [0.1, 0.15) is 16.8 Å². The minimum Gasteiger partial charge on any atom is -0.306 e. The number of H-pyrrole nitrogens is 1. The summed E-state index contributed by atoms with van der Waals surface area (Å²) in [6.45, 7) is 1.16. The molecule has 0 aliphatic carbocycles. The maximum absolute atomic E-state index is 13.4. The van der Waals surface area contributed by atoms with Crippen LogP contribution < -0.4 is 5.56 Å². The fourth-order valence-corrected chi connectivity index (χ4v) is 3.32. The predicted octanol–water partition coefficient (Wildman–Crippen LogP) is 3.41. The second-order valence-electron chi connectivity index (χ2n) is 6.54. The van der Waals surface area contributed by atoms with E-state index in [1.165, 1.54) is 0 Å². The Hall–Kier alpha value is -2.93. The van der Waals surface area contributed by atoms with Crippen molar-refractivity contribution in [3.8, 4) is 11.4 Å². The lowest BCUT2D eigenvalue weighted by molar-refractivity contribution is 0.239. The van der Waals surface area contributed by atoms with E-state index in [2.05, 4.69) is 9.97 Å².